The molecule has 0 aliphatic carbocycles. The van der Waals surface area contributed by atoms with Crippen LogP contribution in [0.2, 0.25) is 0 Å². The number of carbonyl (C=O) groups excluding carboxylic acids is 4. The molecule has 0 N–H and O–H groups in total. The molecule has 0 bridgehead atoms. The number of ketones is 1. The summed E-state index contributed by atoms with van der Waals surface area (Å²) < 4.78 is -0.474. The minimum absolute atomic E-state index is 0.0749. The van der Waals surface area contributed by atoms with Crippen molar-refractivity contribution in [1.29, 1.82) is 0 Å². The van der Waals surface area contributed by atoms with E-state index in [1.54, 1.807) is 24.3 Å². The number of imide groups is 1. The first-order valence-corrected chi connectivity index (χ1v) is 9.85. The first-order chi connectivity index (χ1) is 11.8. The van der Waals surface area contributed by atoms with Gasteiger partial charge in [0.15, 0.2) is 5.78 Å². The maximum Gasteiger partial charge on any atom is 0.262 e. The van der Waals surface area contributed by atoms with Crippen molar-refractivity contribution >= 4 is 51.2 Å². The Morgan fingerprint density at radius 3 is 2.24 bits per heavy atom. The number of carbonyl (C=O) groups is 4. The van der Waals surface area contributed by atoms with Crippen molar-refractivity contribution in [3.05, 3.63) is 35.4 Å². The van der Waals surface area contributed by atoms with Gasteiger partial charge in [0, 0.05) is 4.75 Å². The highest BCUT2D eigenvalue weighted by Gasteiger charge is 2.66. The first kappa shape index (κ1) is 16.8. The lowest BCUT2D eigenvalue weighted by atomic mass is 9.92. The van der Waals surface area contributed by atoms with Crippen molar-refractivity contribution in [2.75, 3.05) is 5.33 Å². The van der Waals surface area contributed by atoms with Crippen molar-refractivity contribution in [1.82, 2.24) is 9.80 Å². The van der Waals surface area contributed by atoms with E-state index in [2.05, 4.69) is 15.9 Å². The molecule has 3 unspecified atom stereocenters. The van der Waals surface area contributed by atoms with Gasteiger partial charge in [-0.25, -0.2) is 0 Å². The number of benzene rings is 1. The summed E-state index contributed by atoms with van der Waals surface area (Å²) in [7, 11) is 0. The number of alkyl halides is 1. The lowest BCUT2D eigenvalue weighted by Crippen LogP contribution is -2.71. The molecule has 0 saturated carbocycles. The molecule has 3 atom stereocenters. The van der Waals surface area contributed by atoms with E-state index in [1.807, 2.05) is 13.8 Å². The van der Waals surface area contributed by atoms with Crippen LogP contribution in [0.3, 0.4) is 0 Å². The molecule has 2 saturated heterocycles. The number of rotatable bonds is 3. The van der Waals surface area contributed by atoms with E-state index in [9.17, 15) is 19.2 Å². The Balaban J connectivity index is 1.68. The Labute approximate surface area is 157 Å². The van der Waals surface area contributed by atoms with E-state index in [0.29, 0.717) is 11.1 Å². The van der Waals surface area contributed by atoms with E-state index in [0.717, 1.165) is 4.90 Å². The molecule has 0 radical (unpaired) electrons. The lowest BCUT2D eigenvalue weighted by molar-refractivity contribution is -0.155. The van der Waals surface area contributed by atoms with E-state index in [1.165, 1.54) is 16.7 Å². The highest BCUT2D eigenvalue weighted by Crippen LogP contribution is 2.53. The maximum atomic E-state index is 12.8. The van der Waals surface area contributed by atoms with Gasteiger partial charge >= 0.3 is 0 Å². The highest BCUT2D eigenvalue weighted by molar-refractivity contribution is 9.09. The zero-order valence-corrected chi connectivity index (χ0v) is 16.0. The summed E-state index contributed by atoms with van der Waals surface area (Å²) in [5.74, 6) is -1.29. The number of hydrogen-bond acceptors (Lipinski definition) is 5. The van der Waals surface area contributed by atoms with Crippen LogP contribution in [0.5, 0.6) is 0 Å². The van der Waals surface area contributed by atoms with Crippen LogP contribution in [-0.4, -0.2) is 60.8 Å². The fourth-order valence-corrected chi connectivity index (χ4v) is 5.90. The van der Waals surface area contributed by atoms with Gasteiger partial charge in [-0.1, -0.05) is 28.1 Å². The van der Waals surface area contributed by atoms with Gasteiger partial charge < -0.3 is 4.90 Å². The molecule has 1 aromatic carbocycles. The van der Waals surface area contributed by atoms with Crippen LogP contribution in [0.25, 0.3) is 0 Å². The summed E-state index contributed by atoms with van der Waals surface area (Å²) in [6.07, 6.45) is 0. The molecule has 0 aromatic heterocycles. The van der Waals surface area contributed by atoms with Crippen molar-refractivity contribution < 1.29 is 19.2 Å². The second kappa shape index (κ2) is 5.41. The zero-order valence-electron chi connectivity index (χ0n) is 13.6. The average molecular weight is 423 g/mol. The number of amides is 3. The molecule has 3 aliphatic heterocycles. The van der Waals surface area contributed by atoms with Crippen LogP contribution in [0.1, 0.15) is 34.6 Å². The largest absolute Gasteiger partial charge is 0.315 e. The van der Waals surface area contributed by atoms with Gasteiger partial charge in [0.1, 0.15) is 17.5 Å². The fraction of sp³-hybridized carbons (Fsp3) is 0.412. The standard InChI is InChI=1S/C17H15BrN2O4S/c1-17(2)12(10(21)7-18)20-15(24)11(16(20)25-17)19-13(22)8-5-3-4-6-9(8)14(19)23/h3-6,11-12,16H,7H2,1-2H3. The highest BCUT2D eigenvalue weighted by atomic mass is 79.9. The summed E-state index contributed by atoms with van der Waals surface area (Å²) in [6, 6.07) is 5.19. The third-order valence-corrected chi connectivity index (χ3v) is 7.06. The van der Waals surface area contributed by atoms with Crippen LogP contribution in [-0.2, 0) is 9.59 Å². The monoisotopic (exact) mass is 422 g/mol. The number of fused-ring (bicyclic) bond motifs is 2. The molecule has 2 fully saturated rings. The molecule has 3 heterocycles. The van der Waals surface area contributed by atoms with E-state index in [4.69, 9.17) is 0 Å². The Bertz CT molecular complexity index is 805. The van der Waals surface area contributed by atoms with Gasteiger partial charge in [0.05, 0.1) is 16.5 Å². The number of thioether (sulfide) groups is 1. The van der Waals surface area contributed by atoms with E-state index in [-0.39, 0.29) is 22.4 Å². The smallest absolute Gasteiger partial charge is 0.262 e. The summed E-state index contributed by atoms with van der Waals surface area (Å²) in [4.78, 5) is 53.0. The van der Waals surface area contributed by atoms with Crippen LogP contribution in [0.15, 0.2) is 24.3 Å². The molecule has 3 aliphatic rings. The molecule has 130 valence electrons. The van der Waals surface area contributed by atoms with Crippen LogP contribution >= 0.6 is 27.7 Å². The first-order valence-electron chi connectivity index (χ1n) is 7.85. The molecule has 4 rings (SSSR count). The summed E-state index contributed by atoms with van der Waals surface area (Å²) >= 11 is 4.64. The Kier molecular flexibility index (Phi) is 3.63. The Hall–Kier alpha value is -1.67. The van der Waals surface area contributed by atoms with Crippen molar-refractivity contribution in [2.45, 2.75) is 36.1 Å². The normalized spacial score (nSPS) is 29.6. The van der Waals surface area contributed by atoms with Crippen LogP contribution in [0, 0.1) is 0 Å². The molecular formula is C17H15BrN2O4S. The Morgan fingerprint density at radius 1 is 1.16 bits per heavy atom. The van der Waals surface area contributed by atoms with E-state index >= 15 is 0 Å². The zero-order chi connectivity index (χ0) is 18.1. The van der Waals surface area contributed by atoms with Gasteiger partial charge in [0.25, 0.3) is 17.7 Å². The third-order valence-electron chi connectivity index (χ3n) is 4.95. The number of nitrogens with zero attached hydrogens (tertiary/aromatic N) is 2. The van der Waals surface area contributed by atoms with Gasteiger partial charge in [0.2, 0.25) is 0 Å². The van der Waals surface area contributed by atoms with Gasteiger partial charge in [-0.2, -0.15) is 0 Å². The second-order valence-electron chi connectivity index (χ2n) is 6.83. The molecule has 3 amide bonds. The van der Waals surface area contributed by atoms with Crippen molar-refractivity contribution in [3.8, 4) is 0 Å². The number of hydrogen-bond donors (Lipinski definition) is 0. The predicted octanol–water partition coefficient (Wildman–Crippen LogP) is 1.68. The quantitative estimate of drug-likeness (QED) is 0.420. The van der Waals surface area contributed by atoms with E-state index < -0.39 is 28.6 Å². The molecule has 25 heavy (non-hydrogen) atoms. The molecular weight excluding hydrogens is 408 g/mol. The molecule has 8 heteroatoms. The van der Waals surface area contributed by atoms with Crippen LogP contribution in [0.4, 0.5) is 0 Å². The second-order valence-corrected chi connectivity index (χ2v) is 9.16. The number of β-lactam (4-membered cyclic amide) rings is 1. The SMILES string of the molecule is CC1(C)SC2C(N3C(=O)c4ccccc4C3=O)C(=O)N2C1C(=O)CBr. The Morgan fingerprint density at radius 2 is 1.72 bits per heavy atom. The van der Waals surface area contributed by atoms with Crippen molar-refractivity contribution in [3.63, 3.8) is 0 Å². The summed E-state index contributed by atoms with van der Waals surface area (Å²) in [5, 5.41) is -0.215. The molecule has 6 nitrogen and oxygen atoms in total. The third kappa shape index (κ3) is 2.10. The predicted molar refractivity (Wildman–Crippen MR) is 95.6 cm³/mol. The minimum atomic E-state index is -0.843. The lowest BCUT2D eigenvalue weighted by Gasteiger charge is -2.46. The minimum Gasteiger partial charge on any atom is -0.315 e. The fourth-order valence-electron chi connectivity index (χ4n) is 3.89. The van der Waals surface area contributed by atoms with Crippen molar-refractivity contribution in [2.24, 2.45) is 0 Å². The molecule has 1 aromatic rings. The topological polar surface area (TPSA) is 74.8 Å². The van der Waals surface area contributed by atoms with Gasteiger partial charge in [-0.05, 0) is 26.0 Å². The summed E-state index contributed by atoms with van der Waals surface area (Å²) in [6.45, 7) is 3.82. The summed E-state index contributed by atoms with van der Waals surface area (Å²) in [5.41, 5.74) is 0.656. The molecule has 0 spiro atoms. The average Bonchev–Trinajstić information content (AvgIpc) is 2.98. The number of Topliss-reactive ketones (excluding diaryl/α,β-unsaturated/α-hetero) is 1. The van der Waals surface area contributed by atoms with Gasteiger partial charge in [-0.15, -0.1) is 11.8 Å². The number of halogens is 1. The van der Waals surface area contributed by atoms with Crippen LogP contribution < -0.4 is 0 Å². The van der Waals surface area contributed by atoms with Gasteiger partial charge in [-0.3, -0.25) is 24.1 Å². The maximum absolute atomic E-state index is 12.8.